The Balaban J connectivity index is 0.00000161. The quantitative estimate of drug-likeness (QED) is 0.221. The largest absolute Gasteiger partial charge is 0.300 e. The van der Waals surface area contributed by atoms with Gasteiger partial charge in [0.2, 0.25) is 0 Å². The minimum atomic E-state index is -0.122. The van der Waals surface area contributed by atoms with Crippen molar-refractivity contribution in [3.8, 4) is 11.1 Å². The first-order valence-corrected chi connectivity index (χ1v) is 14.4. The van der Waals surface area contributed by atoms with E-state index in [2.05, 4.69) is 32.9 Å². The molecule has 0 bridgehead atoms. The van der Waals surface area contributed by atoms with Crippen LogP contribution in [0.15, 0.2) is 36.4 Å². The van der Waals surface area contributed by atoms with Crippen molar-refractivity contribution in [1.82, 2.24) is 0 Å². The van der Waals surface area contributed by atoms with Crippen LogP contribution in [0.2, 0.25) is 0 Å². The van der Waals surface area contributed by atoms with E-state index in [0.717, 1.165) is 59.9 Å². The molecule has 0 saturated heterocycles. The first-order valence-electron chi connectivity index (χ1n) is 14.4. The normalized spacial score (nSPS) is 16.1. The Morgan fingerprint density at radius 3 is 2.08 bits per heavy atom. The Morgan fingerprint density at radius 1 is 0.921 bits per heavy atom. The van der Waals surface area contributed by atoms with Crippen LogP contribution in [0, 0.1) is 24.7 Å². The second-order valence-electron chi connectivity index (χ2n) is 11.0. The summed E-state index contributed by atoms with van der Waals surface area (Å²) in [6.07, 6.45) is 6.06. The molecule has 2 aromatic rings. The standard InChI is InChI=1S/C31H38O4.C3H8/c1-6-8-25(28(7-2)29(34)14-20(4)32)15-22-16-27-18-26(13-19(3)31(27)30(35)17-22)24-11-9-23(10-12-24)21(5)33;1-3-2/h9-13,18,22,25,28H,6-8,14-17H2,1-5H3;3H2,1-2H3. The fourth-order valence-electron chi connectivity index (χ4n) is 5.88. The fraction of sp³-hybridized carbons (Fsp3) is 0.529. The number of rotatable bonds is 11. The maximum Gasteiger partial charge on any atom is 0.163 e. The Labute approximate surface area is 229 Å². The van der Waals surface area contributed by atoms with Gasteiger partial charge in [0.1, 0.15) is 11.6 Å². The van der Waals surface area contributed by atoms with Crippen molar-refractivity contribution in [3.05, 3.63) is 58.7 Å². The lowest BCUT2D eigenvalue weighted by atomic mass is 9.72. The van der Waals surface area contributed by atoms with Crippen molar-refractivity contribution >= 4 is 23.1 Å². The molecule has 4 nitrogen and oxygen atoms in total. The number of benzene rings is 2. The lowest BCUT2D eigenvalue weighted by Crippen LogP contribution is -2.29. The summed E-state index contributed by atoms with van der Waals surface area (Å²) in [5.41, 5.74) is 5.68. The van der Waals surface area contributed by atoms with Crippen LogP contribution in [0.5, 0.6) is 0 Å². The number of fused-ring (bicyclic) bond motifs is 1. The molecule has 4 heteroatoms. The van der Waals surface area contributed by atoms with Gasteiger partial charge in [0.25, 0.3) is 0 Å². The van der Waals surface area contributed by atoms with Crippen molar-refractivity contribution in [1.29, 1.82) is 0 Å². The van der Waals surface area contributed by atoms with Gasteiger partial charge in [-0.25, -0.2) is 0 Å². The Bertz CT molecular complexity index is 1130. The van der Waals surface area contributed by atoms with Crippen molar-refractivity contribution in [3.63, 3.8) is 0 Å². The van der Waals surface area contributed by atoms with E-state index in [1.807, 2.05) is 38.1 Å². The van der Waals surface area contributed by atoms with Gasteiger partial charge in [0.15, 0.2) is 11.6 Å². The van der Waals surface area contributed by atoms with Gasteiger partial charge in [-0.15, -0.1) is 0 Å². The molecule has 3 rings (SSSR count). The number of carbonyl (C=O) groups is 4. The first kappa shape index (κ1) is 31.3. The third kappa shape index (κ3) is 8.31. The highest BCUT2D eigenvalue weighted by molar-refractivity contribution is 6.01. The Kier molecular flexibility index (Phi) is 12.3. The average Bonchev–Trinajstić information content (AvgIpc) is 2.84. The second kappa shape index (κ2) is 14.9. The summed E-state index contributed by atoms with van der Waals surface area (Å²) in [4.78, 5) is 49.2. The van der Waals surface area contributed by atoms with Gasteiger partial charge >= 0.3 is 0 Å². The van der Waals surface area contributed by atoms with Crippen LogP contribution < -0.4 is 0 Å². The third-order valence-electron chi connectivity index (χ3n) is 7.44. The number of hydrogen-bond donors (Lipinski definition) is 0. The number of Topliss-reactive ketones (excluding diaryl/α,β-unsaturated/α-hetero) is 4. The molecular formula is C34H46O4. The van der Waals surface area contributed by atoms with E-state index < -0.39 is 0 Å². The van der Waals surface area contributed by atoms with Gasteiger partial charge in [0, 0.05) is 23.5 Å². The summed E-state index contributed by atoms with van der Waals surface area (Å²) in [5, 5.41) is 0. The highest BCUT2D eigenvalue weighted by Crippen LogP contribution is 2.38. The average molecular weight is 519 g/mol. The molecule has 0 spiro atoms. The molecular weight excluding hydrogens is 472 g/mol. The molecule has 0 heterocycles. The summed E-state index contributed by atoms with van der Waals surface area (Å²) in [7, 11) is 0. The number of hydrogen-bond acceptors (Lipinski definition) is 4. The van der Waals surface area contributed by atoms with E-state index in [4.69, 9.17) is 0 Å². The highest BCUT2D eigenvalue weighted by Gasteiger charge is 2.33. The van der Waals surface area contributed by atoms with Crippen molar-refractivity contribution in [2.45, 2.75) is 99.8 Å². The molecule has 1 aliphatic carbocycles. The number of ketones is 4. The van der Waals surface area contributed by atoms with E-state index in [9.17, 15) is 19.2 Å². The van der Waals surface area contributed by atoms with Crippen LogP contribution in [0.25, 0.3) is 11.1 Å². The number of aryl methyl sites for hydroxylation is 1. The van der Waals surface area contributed by atoms with Crippen LogP contribution in [-0.2, 0) is 16.0 Å². The molecule has 0 amide bonds. The van der Waals surface area contributed by atoms with Crippen molar-refractivity contribution in [2.24, 2.45) is 17.8 Å². The second-order valence-corrected chi connectivity index (χ2v) is 11.0. The molecule has 2 aromatic carbocycles. The lowest BCUT2D eigenvalue weighted by Gasteiger charge is -2.32. The molecule has 0 N–H and O–H groups in total. The van der Waals surface area contributed by atoms with Gasteiger partial charge in [-0.3, -0.25) is 19.2 Å². The molecule has 3 unspecified atom stereocenters. The zero-order valence-electron chi connectivity index (χ0n) is 24.5. The molecule has 3 atom stereocenters. The Hall–Kier alpha value is -2.88. The summed E-state index contributed by atoms with van der Waals surface area (Å²) >= 11 is 0. The van der Waals surface area contributed by atoms with E-state index >= 15 is 0 Å². The first-order chi connectivity index (χ1) is 18.1. The summed E-state index contributed by atoms with van der Waals surface area (Å²) in [6, 6.07) is 11.8. The maximum absolute atomic E-state index is 13.2. The molecule has 0 fully saturated rings. The molecule has 206 valence electrons. The predicted molar refractivity (Wildman–Crippen MR) is 156 cm³/mol. The van der Waals surface area contributed by atoms with E-state index in [0.29, 0.717) is 12.0 Å². The van der Waals surface area contributed by atoms with Crippen LogP contribution in [0.4, 0.5) is 0 Å². The molecule has 0 aliphatic heterocycles. The van der Waals surface area contributed by atoms with Gasteiger partial charge in [-0.05, 0) is 74.1 Å². The fourth-order valence-corrected chi connectivity index (χ4v) is 5.88. The molecule has 0 radical (unpaired) electrons. The van der Waals surface area contributed by atoms with Crippen LogP contribution in [0.1, 0.15) is 118 Å². The van der Waals surface area contributed by atoms with Gasteiger partial charge in [0.05, 0.1) is 6.42 Å². The monoisotopic (exact) mass is 518 g/mol. The molecule has 0 saturated carbocycles. The number of carbonyl (C=O) groups excluding carboxylic acids is 4. The van der Waals surface area contributed by atoms with E-state index in [1.165, 1.54) is 13.3 Å². The van der Waals surface area contributed by atoms with Crippen LogP contribution >= 0.6 is 0 Å². The van der Waals surface area contributed by atoms with E-state index in [-0.39, 0.29) is 47.3 Å². The SMILES string of the molecule is CCC.CCCC(CC1CC(=O)c2c(C)cc(-c3ccc(C(C)=O)cc3)cc2C1)C(CC)C(=O)CC(C)=O. The zero-order chi connectivity index (χ0) is 28.4. The molecule has 1 aliphatic rings. The smallest absolute Gasteiger partial charge is 0.163 e. The highest BCUT2D eigenvalue weighted by atomic mass is 16.1. The third-order valence-corrected chi connectivity index (χ3v) is 7.44. The predicted octanol–water partition coefficient (Wildman–Crippen LogP) is 8.41. The van der Waals surface area contributed by atoms with Gasteiger partial charge in [-0.1, -0.05) is 83.4 Å². The molecule has 38 heavy (non-hydrogen) atoms. The van der Waals surface area contributed by atoms with Crippen LogP contribution in [0.3, 0.4) is 0 Å². The summed E-state index contributed by atoms with van der Waals surface area (Å²) in [6.45, 7) is 13.4. The van der Waals surface area contributed by atoms with Crippen LogP contribution in [-0.4, -0.2) is 23.1 Å². The topological polar surface area (TPSA) is 68.3 Å². The van der Waals surface area contributed by atoms with Gasteiger partial charge < -0.3 is 0 Å². The minimum Gasteiger partial charge on any atom is -0.300 e. The van der Waals surface area contributed by atoms with E-state index in [1.54, 1.807) is 6.92 Å². The van der Waals surface area contributed by atoms with Gasteiger partial charge in [-0.2, -0.15) is 0 Å². The Morgan fingerprint density at radius 2 is 1.55 bits per heavy atom. The lowest BCUT2D eigenvalue weighted by molar-refractivity contribution is -0.129. The maximum atomic E-state index is 13.2. The minimum absolute atomic E-state index is 0.0100. The summed E-state index contributed by atoms with van der Waals surface area (Å²) < 4.78 is 0. The summed E-state index contributed by atoms with van der Waals surface area (Å²) in [5.74, 6) is 0.465. The van der Waals surface area contributed by atoms with Crippen molar-refractivity contribution < 1.29 is 19.2 Å². The van der Waals surface area contributed by atoms with Crippen molar-refractivity contribution in [2.75, 3.05) is 0 Å². The zero-order valence-corrected chi connectivity index (χ0v) is 24.5. The molecule has 0 aromatic heterocycles.